The van der Waals surface area contributed by atoms with E-state index in [1.54, 1.807) is 11.3 Å². The van der Waals surface area contributed by atoms with Crippen LogP contribution in [0.15, 0.2) is 0 Å². The van der Waals surface area contributed by atoms with E-state index in [0.29, 0.717) is 0 Å². The van der Waals surface area contributed by atoms with Crippen LogP contribution in [-0.4, -0.2) is 18.5 Å². The maximum Gasteiger partial charge on any atom is 0.110 e. The van der Waals surface area contributed by atoms with E-state index >= 15 is 0 Å². The van der Waals surface area contributed by atoms with E-state index in [4.69, 9.17) is 5.26 Å². The van der Waals surface area contributed by atoms with Gasteiger partial charge < -0.3 is 4.90 Å². The fourth-order valence-electron chi connectivity index (χ4n) is 1.80. The number of rotatable bonds is 0. The summed E-state index contributed by atoms with van der Waals surface area (Å²) < 4.78 is 0. The Bertz CT molecular complexity index is 373. The van der Waals surface area contributed by atoms with Crippen LogP contribution in [0.5, 0.6) is 0 Å². The van der Waals surface area contributed by atoms with E-state index < -0.39 is 0 Å². The van der Waals surface area contributed by atoms with Gasteiger partial charge in [-0.05, 0) is 31.5 Å². The Balaban J connectivity index is 2.46. The number of hydrogen-bond donors (Lipinski definition) is 0. The van der Waals surface area contributed by atoms with Gasteiger partial charge in [0.15, 0.2) is 0 Å². The molecule has 0 amide bonds. The zero-order chi connectivity index (χ0) is 9.42. The van der Waals surface area contributed by atoms with Crippen LogP contribution in [-0.2, 0) is 13.0 Å². The van der Waals surface area contributed by atoms with Crippen molar-refractivity contribution in [1.29, 1.82) is 5.26 Å². The number of likely N-dealkylation sites (N-methyl/N-ethyl adjacent to an activating group) is 1. The second-order valence-corrected chi connectivity index (χ2v) is 4.66. The Labute approximate surface area is 82.4 Å². The molecule has 0 atom stereocenters. The molecule has 1 aliphatic rings. The zero-order valence-electron chi connectivity index (χ0n) is 7.92. The molecule has 0 saturated carbocycles. The van der Waals surface area contributed by atoms with Gasteiger partial charge in [0, 0.05) is 18.0 Å². The van der Waals surface area contributed by atoms with Crippen molar-refractivity contribution < 1.29 is 0 Å². The highest BCUT2D eigenvalue weighted by Gasteiger charge is 2.19. The Morgan fingerprint density at radius 2 is 2.31 bits per heavy atom. The molecule has 0 aliphatic carbocycles. The molecule has 2 rings (SSSR count). The van der Waals surface area contributed by atoms with Crippen LogP contribution < -0.4 is 0 Å². The van der Waals surface area contributed by atoms with Crippen LogP contribution in [0, 0.1) is 18.3 Å². The molecule has 1 aromatic heterocycles. The van der Waals surface area contributed by atoms with Gasteiger partial charge in [0.05, 0.1) is 0 Å². The van der Waals surface area contributed by atoms with Crippen molar-refractivity contribution in [2.45, 2.75) is 19.9 Å². The molecule has 68 valence electrons. The van der Waals surface area contributed by atoms with Gasteiger partial charge in [0.25, 0.3) is 0 Å². The predicted octanol–water partition coefficient (Wildman–Crippen LogP) is 1.92. The lowest BCUT2D eigenvalue weighted by atomic mass is 10.0. The van der Waals surface area contributed by atoms with Crippen LogP contribution in [0.25, 0.3) is 0 Å². The summed E-state index contributed by atoms with van der Waals surface area (Å²) in [5.74, 6) is 0. The average Bonchev–Trinajstić information content (AvgIpc) is 2.42. The molecule has 0 radical (unpaired) electrons. The Morgan fingerprint density at radius 1 is 1.54 bits per heavy atom. The maximum absolute atomic E-state index is 8.88. The largest absolute Gasteiger partial charge is 0.301 e. The van der Waals surface area contributed by atoms with Gasteiger partial charge in [-0.2, -0.15) is 5.26 Å². The number of fused-ring (bicyclic) bond motifs is 1. The minimum atomic E-state index is 0.903. The number of nitriles is 1. The second-order valence-electron chi connectivity index (χ2n) is 3.56. The smallest absolute Gasteiger partial charge is 0.110 e. The molecule has 2 heterocycles. The van der Waals surface area contributed by atoms with Crippen LogP contribution in [0.2, 0.25) is 0 Å². The van der Waals surface area contributed by atoms with Crippen LogP contribution in [0.1, 0.15) is 20.9 Å². The molecule has 0 saturated heterocycles. The number of thiophene rings is 1. The molecule has 0 unspecified atom stereocenters. The monoisotopic (exact) mass is 192 g/mol. The molecular formula is C10H12N2S. The third kappa shape index (κ3) is 1.37. The first-order valence-electron chi connectivity index (χ1n) is 4.42. The van der Waals surface area contributed by atoms with Gasteiger partial charge in [-0.1, -0.05) is 0 Å². The molecular weight excluding hydrogens is 180 g/mol. The number of nitrogens with zero attached hydrogens (tertiary/aromatic N) is 2. The van der Waals surface area contributed by atoms with Crippen LogP contribution in [0.3, 0.4) is 0 Å². The van der Waals surface area contributed by atoms with Crippen molar-refractivity contribution >= 4 is 11.3 Å². The standard InChI is InChI=1S/C10H12N2S/c1-7-8-3-4-12(2)6-10(8)13-9(7)5-11/h3-4,6H2,1-2H3. The Kier molecular flexibility index (Phi) is 2.10. The third-order valence-corrected chi connectivity index (χ3v) is 3.84. The lowest BCUT2D eigenvalue weighted by molar-refractivity contribution is 0.317. The van der Waals surface area contributed by atoms with E-state index in [1.807, 2.05) is 0 Å². The average molecular weight is 192 g/mol. The maximum atomic E-state index is 8.88. The molecule has 2 nitrogen and oxygen atoms in total. The van der Waals surface area contributed by atoms with Gasteiger partial charge in [-0.25, -0.2) is 0 Å². The molecule has 1 aromatic rings. The van der Waals surface area contributed by atoms with Gasteiger partial charge in [0.2, 0.25) is 0 Å². The molecule has 1 aliphatic heterocycles. The molecule has 0 aromatic carbocycles. The normalized spacial score (nSPS) is 16.7. The van der Waals surface area contributed by atoms with E-state index in [1.165, 1.54) is 16.0 Å². The van der Waals surface area contributed by atoms with Gasteiger partial charge in [-0.15, -0.1) is 11.3 Å². The van der Waals surface area contributed by atoms with E-state index in [-0.39, 0.29) is 0 Å². The molecule has 0 N–H and O–H groups in total. The van der Waals surface area contributed by atoms with Crippen molar-refractivity contribution in [3.8, 4) is 6.07 Å². The highest BCUT2D eigenvalue weighted by atomic mass is 32.1. The summed E-state index contributed by atoms with van der Waals surface area (Å²) in [5.41, 5.74) is 2.65. The summed E-state index contributed by atoms with van der Waals surface area (Å²) in [5, 5.41) is 8.88. The van der Waals surface area contributed by atoms with E-state index in [0.717, 1.165) is 24.4 Å². The molecule has 13 heavy (non-hydrogen) atoms. The van der Waals surface area contributed by atoms with Gasteiger partial charge in [-0.3, -0.25) is 0 Å². The minimum Gasteiger partial charge on any atom is -0.301 e. The molecule has 0 fully saturated rings. The highest BCUT2D eigenvalue weighted by molar-refractivity contribution is 7.12. The minimum absolute atomic E-state index is 0.903. The lowest BCUT2D eigenvalue weighted by Gasteiger charge is -2.22. The molecule has 0 spiro atoms. The van der Waals surface area contributed by atoms with Crippen molar-refractivity contribution in [2.24, 2.45) is 0 Å². The quantitative estimate of drug-likeness (QED) is 0.628. The summed E-state index contributed by atoms with van der Waals surface area (Å²) in [6.07, 6.45) is 1.11. The predicted molar refractivity (Wildman–Crippen MR) is 53.8 cm³/mol. The first kappa shape index (κ1) is 8.74. The highest BCUT2D eigenvalue weighted by Crippen LogP contribution is 2.31. The van der Waals surface area contributed by atoms with Crippen molar-refractivity contribution in [2.75, 3.05) is 13.6 Å². The molecule has 3 heteroatoms. The summed E-state index contributed by atoms with van der Waals surface area (Å²) >= 11 is 1.66. The van der Waals surface area contributed by atoms with E-state index in [2.05, 4.69) is 24.9 Å². The summed E-state index contributed by atoms with van der Waals surface area (Å²) in [6, 6.07) is 2.27. The van der Waals surface area contributed by atoms with Gasteiger partial charge >= 0.3 is 0 Å². The zero-order valence-corrected chi connectivity index (χ0v) is 8.74. The van der Waals surface area contributed by atoms with Crippen molar-refractivity contribution in [3.63, 3.8) is 0 Å². The van der Waals surface area contributed by atoms with E-state index in [9.17, 15) is 0 Å². The first-order chi connectivity index (χ1) is 6.22. The van der Waals surface area contributed by atoms with Crippen molar-refractivity contribution in [3.05, 3.63) is 20.9 Å². The topological polar surface area (TPSA) is 27.0 Å². The van der Waals surface area contributed by atoms with Crippen LogP contribution >= 0.6 is 11.3 Å². The molecule has 0 bridgehead atoms. The SMILES string of the molecule is Cc1c(C#N)sc2c1CCN(C)C2. The summed E-state index contributed by atoms with van der Waals surface area (Å²) in [6.45, 7) is 4.21. The second kappa shape index (κ2) is 3.13. The summed E-state index contributed by atoms with van der Waals surface area (Å²) in [7, 11) is 2.13. The van der Waals surface area contributed by atoms with Crippen LogP contribution in [0.4, 0.5) is 0 Å². The fraction of sp³-hybridized carbons (Fsp3) is 0.500. The first-order valence-corrected chi connectivity index (χ1v) is 5.24. The third-order valence-electron chi connectivity index (χ3n) is 2.61. The summed E-state index contributed by atoms with van der Waals surface area (Å²) in [4.78, 5) is 4.60. The fourth-order valence-corrected chi connectivity index (χ4v) is 3.03. The Hall–Kier alpha value is -0.850. The van der Waals surface area contributed by atoms with Crippen molar-refractivity contribution in [1.82, 2.24) is 4.90 Å². The Morgan fingerprint density at radius 3 is 3.00 bits per heavy atom. The van der Waals surface area contributed by atoms with Gasteiger partial charge in [0.1, 0.15) is 10.9 Å². The number of hydrogen-bond acceptors (Lipinski definition) is 3. The lowest BCUT2D eigenvalue weighted by Crippen LogP contribution is -2.25.